The molecule has 2 aromatic carbocycles. The van der Waals surface area contributed by atoms with Gasteiger partial charge >= 0.3 is 12.1 Å². The number of hydrogen-bond acceptors (Lipinski definition) is 7. The second-order valence-corrected chi connectivity index (χ2v) is 7.27. The van der Waals surface area contributed by atoms with Crippen LogP contribution in [0.4, 0.5) is 21.0 Å². The van der Waals surface area contributed by atoms with Gasteiger partial charge in [-0.05, 0) is 29.8 Å². The average Bonchev–Trinajstić information content (AvgIpc) is 3.37. The third kappa shape index (κ3) is 6.88. The van der Waals surface area contributed by atoms with Crippen LogP contribution in [0.1, 0.15) is 12.0 Å². The maximum atomic E-state index is 12.5. The number of rotatable bonds is 9. The summed E-state index contributed by atoms with van der Waals surface area (Å²) < 4.78 is 15.8. The number of nitrogens with zero attached hydrogens (tertiary/aromatic N) is 2. The van der Waals surface area contributed by atoms with E-state index in [1.165, 1.54) is 13.5 Å². The molecular formula is C23H22ClN5O5. The highest BCUT2D eigenvalue weighted by molar-refractivity contribution is 6.18. The summed E-state index contributed by atoms with van der Waals surface area (Å²) in [4.78, 5) is 28.2. The van der Waals surface area contributed by atoms with Crippen LogP contribution in [0.15, 0.2) is 59.5 Å². The van der Waals surface area contributed by atoms with Crippen molar-refractivity contribution in [1.29, 1.82) is 5.26 Å². The number of carbonyl (C=O) groups excluding carboxylic acids is 2. The molecule has 0 unspecified atom stereocenters. The molecule has 3 N–H and O–H groups in total. The highest BCUT2D eigenvalue weighted by atomic mass is 35.5. The molecule has 34 heavy (non-hydrogen) atoms. The third-order valence-electron chi connectivity index (χ3n) is 4.54. The van der Waals surface area contributed by atoms with Gasteiger partial charge in [0.25, 0.3) is 0 Å². The fourth-order valence-corrected chi connectivity index (χ4v) is 3.14. The molecule has 0 bridgehead atoms. The number of ether oxygens (including phenoxy) is 2. The largest absolute Gasteiger partial charge is 0.496 e. The number of nitriles is 1. The Morgan fingerprint density at radius 1 is 1.21 bits per heavy atom. The molecule has 176 valence electrons. The molecule has 0 aliphatic rings. The minimum Gasteiger partial charge on any atom is -0.496 e. The monoisotopic (exact) mass is 483 g/mol. The van der Waals surface area contributed by atoms with Crippen LogP contribution in [0.5, 0.6) is 5.75 Å². The van der Waals surface area contributed by atoms with Crippen LogP contribution in [0.25, 0.3) is 11.3 Å². The topological polar surface area (TPSA) is 139 Å². The predicted molar refractivity (Wildman–Crippen MR) is 126 cm³/mol. The van der Waals surface area contributed by atoms with Crippen molar-refractivity contribution in [1.82, 2.24) is 10.3 Å². The van der Waals surface area contributed by atoms with E-state index in [2.05, 4.69) is 20.9 Å². The predicted octanol–water partition coefficient (Wildman–Crippen LogP) is 4.74. The van der Waals surface area contributed by atoms with Gasteiger partial charge in [0.1, 0.15) is 11.9 Å². The van der Waals surface area contributed by atoms with Gasteiger partial charge in [0.05, 0.1) is 37.2 Å². The molecule has 0 saturated carbocycles. The van der Waals surface area contributed by atoms with Crippen LogP contribution in [-0.4, -0.2) is 36.2 Å². The zero-order chi connectivity index (χ0) is 24.3. The van der Waals surface area contributed by atoms with E-state index < -0.39 is 18.2 Å². The Hall–Kier alpha value is -4.23. The number of alkyl halides is 1. The third-order valence-corrected chi connectivity index (χ3v) is 4.89. The fraction of sp³-hybridized carbons (Fsp3) is 0.217. The SMILES string of the molecule is COc1cc(NC(=O)Nc2cccc(CNC(=O)O[C@@H](CCl)CC#N)c2)ccc1-c1cnco1. The Kier molecular flexibility index (Phi) is 8.71. The Balaban J connectivity index is 1.56. The van der Waals surface area contributed by atoms with Crippen molar-refractivity contribution in [2.24, 2.45) is 0 Å². The maximum absolute atomic E-state index is 12.5. The lowest BCUT2D eigenvalue weighted by atomic mass is 10.1. The van der Waals surface area contributed by atoms with Gasteiger partial charge in [0, 0.05) is 24.0 Å². The molecule has 0 radical (unpaired) electrons. The molecule has 0 aliphatic carbocycles. The second-order valence-electron chi connectivity index (χ2n) is 6.96. The normalized spacial score (nSPS) is 11.1. The van der Waals surface area contributed by atoms with Crippen molar-refractivity contribution < 1.29 is 23.5 Å². The average molecular weight is 484 g/mol. The summed E-state index contributed by atoms with van der Waals surface area (Å²) in [5.41, 5.74) is 2.48. The number of urea groups is 1. The number of halogens is 1. The zero-order valence-electron chi connectivity index (χ0n) is 18.2. The Labute approximate surface area is 200 Å². The van der Waals surface area contributed by atoms with Gasteiger partial charge in [-0.1, -0.05) is 12.1 Å². The highest BCUT2D eigenvalue weighted by Crippen LogP contribution is 2.32. The summed E-state index contributed by atoms with van der Waals surface area (Å²) in [6, 6.07) is 13.5. The first-order chi connectivity index (χ1) is 16.5. The molecule has 0 fully saturated rings. The fourth-order valence-electron chi connectivity index (χ4n) is 2.97. The number of anilines is 2. The number of alkyl carbamates (subject to hydrolysis) is 1. The molecule has 10 nitrogen and oxygen atoms in total. The Bertz CT molecular complexity index is 1160. The van der Waals surface area contributed by atoms with E-state index in [0.29, 0.717) is 28.4 Å². The lowest BCUT2D eigenvalue weighted by Gasteiger charge is -2.13. The standard InChI is InChI=1S/C23H22ClN5O5/c1-32-20-10-17(5-6-19(20)21-13-26-14-33-21)29-22(30)28-16-4-2-3-15(9-16)12-27-23(31)34-18(11-24)7-8-25/h2-6,9-10,13-14,18H,7,11-12H2,1H3,(H,27,31)(H2,28,29,30)/t18-/m1/s1. The highest BCUT2D eigenvalue weighted by Gasteiger charge is 2.14. The van der Waals surface area contributed by atoms with E-state index in [1.54, 1.807) is 48.7 Å². The van der Waals surface area contributed by atoms with Crippen LogP contribution in [0.3, 0.4) is 0 Å². The Morgan fingerprint density at radius 3 is 2.68 bits per heavy atom. The van der Waals surface area contributed by atoms with Crippen molar-refractivity contribution in [3.05, 3.63) is 60.6 Å². The Morgan fingerprint density at radius 2 is 2.00 bits per heavy atom. The zero-order valence-corrected chi connectivity index (χ0v) is 19.0. The molecule has 0 spiro atoms. The van der Waals surface area contributed by atoms with Crippen LogP contribution in [0, 0.1) is 11.3 Å². The van der Waals surface area contributed by atoms with Crippen LogP contribution >= 0.6 is 11.6 Å². The van der Waals surface area contributed by atoms with Gasteiger partial charge in [0.2, 0.25) is 0 Å². The molecular weight excluding hydrogens is 462 g/mol. The molecule has 3 rings (SSSR count). The lowest BCUT2D eigenvalue weighted by molar-refractivity contribution is 0.110. The molecule has 1 atom stereocenters. The van der Waals surface area contributed by atoms with Crippen molar-refractivity contribution in [2.45, 2.75) is 19.1 Å². The van der Waals surface area contributed by atoms with E-state index in [1.807, 2.05) is 6.07 Å². The summed E-state index contributed by atoms with van der Waals surface area (Å²) in [5.74, 6) is 1.09. The molecule has 3 amide bonds. The van der Waals surface area contributed by atoms with E-state index in [4.69, 9.17) is 30.8 Å². The quantitative estimate of drug-likeness (QED) is 0.373. The summed E-state index contributed by atoms with van der Waals surface area (Å²) >= 11 is 5.67. The second kappa shape index (κ2) is 12.1. The number of aromatic nitrogens is 1. The van der Waals surface area contributed by atoms with Gasteiger partial charge in [0.15, 0.2) is 12.2 Å². The van der Waals surface area contributed by atoms with E-state index in [0.717, 1.165) is 5.56 Å². The first-order valence-corrected chi connectivity index (χ1v) is 10.7. The van der Waals surface area contributed by atoms with Crippen LogP contribution in [0.2, 0.25) is 0 Å². The van der Waals surface area contributed by atoms with E-state index >= 15 is 0 Å². The molecule has 0 aliphatic heterocycles. The van der Waals surface area contributed by atoms with E-state index in [9.17, 15) is 9.59 Å². The van der Waals surface area contributed by atoms with Crippen molar-refractivity contribution in [2.75, 3.05) is 23.6 Å². The number of amides is 3. The number of hydrogen-bond donors (Lipinski definition) is 3. The van der Waals surface area contributed by atoms with Crippen molar-refractivity contribution >= 4 is 35.1 Å². The number of oxazole rings is 1. The van der Waals surface area contributed by atoms with Crippen LogP contribution < -0.4 is 20.7 Å². The van der Waals surface area contributed by atoms with Gasteiger partial charge in [-0.25, -0.2) is 14.6 Å². The van der Waals surface area contributed by atoms with Gasteiger partial charge in [-0.15, -0.1) is 11.6 Å². The smallest absolute Gasteiger partial charge is 0.407 e. The minimum atomic E-state index is -0.681. The number of methoxy groups -OCH3 is 1. The molecule has 3 aromatic rings. The van der Waals surface area contributed by atoms with Crippen LogP contribution in [-0.2, 0) is 11.3 Å². The number of carbonyl (C=O) groups is 2. The summed E-state index contributed by atoms with van der Waals surface area (Å²) in [6.07, 6.45) is 1.56. The first-order valence-electron chi connectivity index (χ1n) is 10.1. The van der Waals surface area contributed by atoms with Crippen molar-refractivity contribution in [3.8, 4) is 23.1 Å². The molecule has 11 heteroatoms. The summed E-state index contributed by atoms with van der Waals surface area (Å²) in [5, 5.41) is 16.8. The van der Waals surface area contributed by atoms with Crippen molar-refractivity contribution in [3.63, 3.8) is 0 Å². The molecule has 0 saturated heterocycles. The minimum absolute atomic E-state index is 0.0140. The maximum Gasteiger partial charge on any atom is 0.407 e. The number of benzene rings is 2. The number of nitrogens with one attached hydrogen (secondary N) is 3. The molecule has 1 heterocycles. The van der Waals surface area contributed by atoms with Gasteiger partial charge in [-0.2, -0.15) is 5.26 Å². The van der Waals surface area contributed by atoms with Gasteiger partial charge < -0.3 is 29.8 Å². The summed E-state index contributed by atoms with van der Waals surface area (Å²) in [7, 11) is 1.52. The first kappa shape index (κ1) is 24.4. The summed E-state index contributed by atoms with van der Waals surface area (Å²) in [6.45, 7) is 0.165. The van der Waals surface area contributed by atoms with Gasteiger partial charge in [-0.3, -0.25) is 0 Å². The van der Waals surface area contributed by atoms with E-state index in [-0.39, 0.29) is 18.8 Å². The lowest BCUT2D eigenvalue weighted by Crippen LogP contribution is -2.29. The molecule has 1 aromatic heterocycles.